The van der Waals surface area contributed by atoms with E-state index in [-0.39, 0.29) is 0 Å². The summed E-state index contributed by atoms with van der Waals surface area (Å²) in [4.78, 5) is 7.52. The van der Waals surface area contributed by atoms with E-state index < -0.39 is 0 Å². The van der Waals surface area contributed by atoms with Gasteiger partial charge in [-0.15, -0.1) is 11.3 Å². The van der Waals surface area contributed by atoms with Crippen molar-refractivity contribution >= 4 is 59.3 Å². The summed E-state index contributed by atoms with van der Waals surface area (Å²) >= 11 is 1.85. The topological polar surface area (TPSA) is 29.3 Å². The number of hydrogen-bond donors (Lipinski definition) is 0. The Morgan fingerprint density at radius 2 is 1.26 bits per heavy atom. The monoisotopic (exact) mass is 618 g/mol. The maximum Gasteiger partial charge on any atom is 0.227 e. The lowest BCUT2D eigenvalue weighted by Gasteiger charge is -2.27. The van der Waals surface area contributed by atoms with Crippen LogP contribution in [-0.4, -0.2) is 4.98 Å². The number of nitrogens with zero attached hydrogens (tertiary/aromatic N) is 2. The van der Waals surface area contributed by atoms with E-state index in [0.29, 0.717) is 5.89 Å². The Morgan fingerprint density at radius 1 is 0.532 bits per heavy atom. The molecular weight excluding hydrogens is 593 g/mol. The Hall–Kier alpha value is -5.97. The van der Waals surface area contributed by atoms with E-state index >= 15 is 0 Å². The number of hydrogen-bond acceptors (Lipinski definition) is 4. The van der Waals surface area contributed by atoms with Gasteiger partial charge in [-0.3, -0.25) is 0 Å². The molecule has 0 amide bonds. The van der Waals surface area contributed by atoms with Crippen LogP contribution in [0.4, 0.5) is 17.1 Å². The SMILES string of the molecule is c1ccc(-c2cccc(N(c3cc4c5c(cccc5c3)-c3oc(-c5ccccc5)nc3-4)c3cccc4c3sc3ccccc34)c2)cc1. The van der Waals surface area contributed by atoms with Crippen molar-refractivity contribution in [1.29, 1.82) is 0 Å². The number of aromatic nitrogens is 1. The molecule has 0 saturated carbocycles. The third-order valence-electron chi connectivity index (χ3n) is 9.20. The number of oxazole rings is 1. The predicted molar refractivity (Wildman–Crippen MR) is 197 cm³/mol. The normalized spacial score (nSPS) is 11.8. The molecule has 220 valence electrons. The van der Waals surface area contributed by atoms with Crippen molar-refractivity contribution in [3.05, 3.63) is 158 Å². The lowest BCUT2D eigenvalue weighted by Crippen LogP contribution is -2.10. The highest BCUT2D eigenvalue weighted by Crippen LogP contribution is 2.52. The molecule has 2 heterocycles. The first-order chi connectivity index (χ1) is 23.3. The van der Waals surface area contributed by atoms with Crippen LogP contribution < -0.4 is 4.90 Å². The second kappa shape index (κ2) is 10.3. The van der Waals surface area contributed by atoms with Gasteiger partial charge in [-0.25, -0.2) is 4.98 Å². The van der Waals surface area contributed by atoms with E-state index in [4.69, 9.17) is 9.40 Å². The third kappa shape index (κ3) is 4.09. The Labute approximate surface area is 275 Å². The molecule has 9 aromatic rings. The van der Waals surface area contributed by atoms with Crippen LogP contribution in [0.2, 0.25) is 0 Å². The lowest BCUT2D eigenvalue weighted by molar-refractivity contribution is 0.590. The number of fused-ring (bicyclic) bond motifs is 6. The van der Waals surface area contributed by atoms with Crippen molar-refractivity contribution in [2.45, 2.75) is 0 Å². The zero-order chi connectivity index (χ0) is 30.9. The summed E-state index contributed by atoms with van der Waals surface area (Å²) in [6.45, 7) is 0. The molecule has 1 aliphatic carbocycles. The molecule has 4 heteroatoms. The maximum absolute atomic E-state index is 6.49. The fraction of sp³-hybridized carbons (Fsp3) is 0. The van der Waals surface area contributed by atoms with E-state index in [0.717, 1.165) is 50.6 Å². The van der Waals surface area contributed by atoms with E-state index in [1.165, 1.54) is 36.7 Å². The molecule has 7 aromatic carbocycles. The van der Waals surface area contributed by atoms with Gasteiger partial charge in [-0.2, -0.15) is 0 Å². The van der Waals surface area contributed by atoms with Crippen LogP contribution in [0.25, 0.3) is 76.1 Å². The third-order valence-corrected chi connectivity index (χ3v) is 10.4. The van der Waals surface area contributed by atoms with Crippen molar-refractivity contribution in [1.82, 2.24) is 4.98 Å². The van der Waals surface area contributed by atoms with Gasteiger partial charge in [0.2, 0.25) is 5.89 Å². The van der Waals surface area contributed by atoms with E-state index in [9.17, 15) is 0 Å². The highest BCUT2D eigenvalue weighted by Gasteiger charge is 2.30. The number of thiophene rings is 1. The minimum absolute atomic E-state index is 0.645. The van der Waals surface area contributed by atoms with Gasteiger partial charge in [0.25, 0.3) is 0 Å². The van der Waals surface area contributed by atoms with Gasteiger partial charge < -0.3 is 9.32 Å². The summed E-state index contributed by atoms with van der Waals surface area (Å²) in [5, 5.41) is 4.91. The molecule has 10 rings (SSSR count). The van der Waals surface area contributed by atoms with Gasteiger partial charge >= 0.3 is 0 Å². The molecule has 0 fully saturated rings. The lowest BCUT2D eigenvalue weighted by atomic mass is 10.0. The van der Waals surface area contributed by atoms with Crippen LogP contribution in [0, 0.1) is 0 Å². The van der Waals surface area contributed by atoms with Gasteiger partial charge in [0, 0.05) is 48.9 Å². The smallest absolute Gasteiger partial charge is 0.227 e. The van der Waals surface area contributed by atoms with E-state index in [1.54, 1.807) is 0 Å². The highest BCUT2D eigenvalue weighted by atomic mass is 32.1. The fourth-order valence-corrected chi connectivity index (χ4v) is 8.30. The van der Waals surface area contributed by atoms with Crippen molar-refractivity contribution in [3.8, 4) is 45.2 Å². The number of rotatable bonds is 5. The summed E-state index contributed by atoms with van der Waals surface area (Å²) < 4.78 is 9.04. The molecule has 0 saturated heterocycles. The number of anilines is 3. The van der Waals surface area contributed by atoms with Crippen LogP contribution in [-0.2, 0) is 0 Å². The van der Waals surface area contributed by atoms with Crippen LogP contribution in [0.3, 0.4) is 0 Å². The van der Waals surface area contributed by atoms with Crippen LogP contribution >= 0.6 is 11.3 Å². The van der Waals surface area contributed by atoms with Crippen LogP contribution in [0.1, 0.15) is 0 Å². The average molecular weight is 619 g/mol. The summed E-state index contributed by atoms with van der Waals surface area (Å²) in [5.41, 5.74) is 9.77. The quantitative estimate of drug-likeness (QED) is 0.192. The molecule has 3 nitrogen and oxygen atoms in total. The zero-order valence-corrected chi connectivity index (χ0v) is 26.0. The zero-order valence-electron chi connectivity index (χ0n) is 25.2. The van der Waals surface area contributed by atoms with E-state index in [1.807, 2.05) is 41.7 Å². The van der Waals surface area contributed by atoms with E-state index in [2.05, 4.69) is 132 Å². The second-order valence-electron chi connectivity index (χ2n) is 12.0. The van der Waals surface area contributed by atoms with Gasteiger partial charge in [0.15, 0.2) is 5.76 Å². The van der Waals surface area contributed by atoms with Gasteiger partial charge in [0.05, 0.1) is 10.4 Å². The summed E-state index contributed by atoms with van der Waals surface area (Å²) in [6.07, 6.45) is 0. The molecule has 0 spiro atoms. The molecule has 0 unspecified atom stereocenters. The molecule has 1 aliphatic rings. The molecule has 0 atom stereocenters. The standard InChI is InChI=1S/C43H26N2OS/c1-3-12-27(13-4-1)29-16-9-18-31(24-29)45(37-22-11-20-34-33-19-7-8-23-38(33)47-42(34)37)32-25-30-17-10-21-35-39(30)36(26-32)40-41(35)46-43(44-40)28-14-5-2-6-15-28/h1-26H. The highest BCUT2D eigenvalue weighted by molar-refractivity contribution is 7.26. The Morgan fingerprint density at radius 3 is 2.13 bits per heavy atom. The molecule has 0 aliphatic heterocycles. The first-order valence-corrected chi connectivity index (χ1v) is 16.6. The molecule has 0 N–H and O–H groups in total. The largest absolute Gasteiger partial charge is 0.435 e. The average Bonchev–Trinajstić information content (AvgIpc) is 3.82. The molecule has 47 heavy (non-hydrogen) atoms. The van der Waals surface area contributed by atoms with Crippen molar-refractivity contribution in [2.75, 3.05) is 4.90 Å². The second-order valence-corrected chi connectivity index (χ2v) is 13.0. The fourth-order valence-electron chi connectivity index (χ4n) is 7.10. The minimum Gasteiger partial charge on any atom is -0.435 e. The van der Waals surface area contributed by atoms with Crippen LogP contribution in [0.15, 0.2) is 162 Å². The number of benzene rings is 7. The Balaban J connectivity index is 1.23. The summed E-state index contributed by atoms with van der Waals surface area (Å²) in [7, 11) is 0. The summed E-state index contributed by atoms with van der Waals surface area (Å²) in [5.74, 6) is 1.48. The predicted octanol–water partition coefficient (Wildman–Crippen LogP) is 12.6. The van der Waals surface area contributed by atoms with Crippen LogP contribution in [0.5, 0.6) is 0 Å². The maximum atomic E-state index is 6.49. The van der Waals surface area contributed by atoms with Crippen molar-refractivity contribution in [2.24, 2.45) is 0 Å². The Kier molecular flexibility index (Phi) is 5.74. The van der Waals surface area contributed by atoms with Gasteiger partial charge in [-0.1, -0.05) is 109 Å². The molecule has 2 aromatic heterocycles. The van der Waals surface area contributed by atoms with Gasteiger partial charge in [-0.05, 0) is 65.0 Å². The van der Waals surface area contributed by atoms with Crippen molar-refractivity contribution in [3.63, 3.8) is 0 Å². The van der Waals surface area contributed by atoms with Gasteiger partial charge in [0.1, 0.15) is 5.69 Å². The first kappa shape index (κ1) is 26.3. The molecule has 0 radical (unpaired) electrons. The first-order valence-electron chi connectivity index (χ1n) is 15.8. The Bertz CT molecular complexity index is 2640. The minimum atomic E-state index is 0.645. The van der Waals surface area contributed by atoms with Crippen molar-refractivity contribution < 1.29 is 4.42 Å². The summed E-state index contributed by atoms with van der Waals surface area (Å²) in [6, 6.07) is 56.1. The molecular formula is C43H26N2OS. The molecule has 0 bridgehead atoms.